The van der Waals surface area contributed by atoms with E-state index in [0.717, 1.165) is 29.8 Å². The number of anilines is 1. The minimum atomic E-state index is -3.94. The molecule has 1 aliphatic rings. The first-order valence-electron chi connectivity index (χ1n) is 12.2. The van der Waals surface area contributed by atoms with Crippen molar-refractivity contribution in [3.05, 3.63) is 77.6 Å². The molecule has 10 heteroatoms. The van der Waals surface area contributed by atoms with E-state index in [9.17, 15) is 8.42 Å². The molecule has 9 nitrogen and oxygen atoms in total. The molecule has 1 unspecified atom stereocenters. The van der Waals surface area contributed by atoms with Crippen molar-refractivity contribution in [2.45, 2.75) is 37.5 Å². The van der Waals surface area contributed by atoms with Gasteiger partial charge in [0.25, 0.3) is 10.0 Å². The number of hydrogen-bond acceptors (Lipinski definition) is 7. The lowest BCUT2D eigenvalue weighted by molar-refractivity contribution is 0.455. The van der Waals surface area contributed by atoms with Crippen LogP contribution in [0.25, 0.3) is 11.3 Å². The second kappa shape index (κ2) is 10.3. The maximum Gasteiger partial charge on any atom is 0.267 e. The highest BCUT2D eigenvalue weighted by atomic mass is 32.2. The van der Waals surface area contributed by atoms with Crippen LogP contribution in [-0.2, 0) is 17.1 Å². The molecule has 1 saturated heterocycles. The van der Waals surface area contributed by atoms with Crippen molar-refractivity contribution in [3.8, 4) is 22.9 Å². The Morgan fingerprint density at radius 2 is 1.84 bits per heavy atom. The third kappa shape index (κ3) is 5.65. The molecule has 1 aliphatic heterocycles. The van der Waals surface area contributed by atoms with Gasteiger partial charge in [0.1, 0.15) is 10.6 Å². The molecule has 4 aromatic rings. The van der Waals surface area contributed by atoms with Crippen molar-refractivity contribution in [2.24, 2.45) is 7.05 Å². The summed E-state index contributed by atoms with van der Waals surface area (Å²) in [4.78, 5) is 8.95. The summed E-state index contributed by atoms with van der Waals surface area (Å²) >= 11 is 0. The fraction of sp³-hybridized carbons (Fsp3) is 0.296. The Bertz CT molecular complexity index is 1490. The predicted octanol–water partition coefficient (Wildman–Crippen LogP) is 4.55. The monoisotopic (exact) mass is 518 g/mol. The van der Waals surface area contributed by atoms with Gasteiger partial charge in [0.05, 0.1) is 11.9 Å². The van der Waals surface area contributed by atoms with E-state index in [1.54, 1.807) is 13.1 Å². The van der Waals surface area contributed by atoms with Gasteiger partial charge in [0, 0.05) is 31.4 Å². The summed E-state index contributed by atoms with van der Waals surface area (Å²) in [5.74, 6) is 1.26. The number of aromatic nitrogens is 4. The van der Waals surface area contributed by atoms with Crippen LogP contribution in [-0.4, -0.2) is 41.3 Å². The number of hydrogen-bond donors (Lipinski definition) is 2. The molecule has 2 aromatic heterocycles. The lowest BCUT2D eigenvalue weighted by Crippen LogP contribution is -2.28. The van der Waals surface area contributed by atoms with Crippen LogP contribution in [0.2, 0.25) is 0 Å². The zero-order valence-electron chi connectivity index (χ0n) is 21.1. The van der Waals surface area contributed by atoms with E-state index in [2.05, 4.69) is 37.2 Å². The highest BCUT2D eigenvalue weighted by Crippen LogP contribution is 2.32. The number of rotatable bonds is 7. The van der Waals surface area contributed by atoms with Crippen molar-refractivity contribution in [2.75, 3.05) is 17.8 Å². The number of piperidine rings is 1. The van der Waals surface area contributed by atoms with Crippen LogP contribution >= 0.6 is 0 Å². The minimum Gasteiger partial charge on any atom is -0.439 e. The summed E-state index contributed by atoms with van der Waals surface area (Å²) in [6.45, 7) is 6.03. The molecule has 0 aliphatic carbocycles. The highest BCUT2D eigenvalue weighted by molar-refractivity contribution is 7.92. The van der Waals surface area contributed by atoms with Crippen molar-refractivity contribution in [1.82, 2.24) is 25.1 Å². The summed E-state index contributed by atoms with van der Waals surface area (Å²) in [5.41, 5.74) is 4.75. The van der Waals surface area contributed by atoms with Crippen LogP contribution in [0.15, 0.2) is 65.8 Å². The molecule has 2 N–H and O–H groups in total. The topological polar surface area (TPSA) is 111 Å². The van der Waals surface area contributed by atoms with Gasteiger partial charge in [0.2, 0.25) is 11.8 Å². The number of sulfonamides is 1. The SMILES string of the molecule is Cc1cccc(C)c1-c1cc(Oc2ccc(C3CCCNC3)cc2)nc(NS(=O)(=O)c2cnn(C)c2)n1. The number of benzene rings is 2. The maximum atomic E-state index is 13.0. The van der Waals surface area contributed by atoms with Crippen molar-refractivity contribution < 1.29 is 13.2 Å². The largest absolute Gasteiger partial charge is 0.439 e. The van der Waals surface area contributed by atoms with E-state index in [4.69, 9.17) is 4.74 Å². The van der Waals surface area contributed by atoms with Crippen molar-refractivity contribution >= 4 is 16.0 Å². The van der Waals surface area contributed by atoms with E-state index < -0.39 is 10.0 Å². The Hall–Kier alpha value is -3.76. The molecule has 0 bridgehead atoms. The summed E-state index contributed by atoms with van der Waals surface area (Å²) in [7, 11) is -2.29. The molecule has 1 atom stereocenters. The molecule has 0 saturated carbocycles. The summed E-state index contributed by atoms with van der Waals surface area (Å²) in [6.07, 6.45) is 5.03. The van der Waals surface area contributed by atoms with Gasteiger partial charge < -0.3 is 10.1 Å². The number of nitrogens with one attached hydrogen (secondary N) is 2. The fourth-order valence-corrected chi connectivity index (χ4v) is 5.58. The average Bonchev–Trinajstić information content (AvgIpc) is 3.32. The zero-order valence-corrected chi connectivity index (χ0v) is 21.9. The lowest BCUT2D eigenvalue weighted by atomic mass is 9.92. The Kier molecular flexibility index (Phi) is 6.94. The van der Waals surface area contributed by atoms with Crippen molar-refractivity contribution in [3.63, 3.8) is 0 Å². The van der Waals surface area contributed by atoms with E-state index >= 15 is 0 Å². The molecule has 3 heterocycles. The number of nitrogens with zero attached hydrogens (tertiary/aromatic N) is 4. The maximum absolute atomic E-state index is 13.0. The van der Waals surface area contributed by atoms with Crippen LogP contribution in [0.3, 0.4) is 0 Å². The molecule has 0 amide bonds. The molecule has 0 spiro atoms. The van der Waals surface area contributed by atoms with Gasteiger partial charge in [0.15, 0.2) is 0 Å². The second-order valence-corrected chi connectivity index (χ2v) is 11.0. The van der Waals surface area contributed by atoms with Gasteiger partial charge >= 0.3 is 0 Å². The average molecular weight is 519 g/mol. The normalized spacial score (nSPS) is 15.9. The molecule has 0 radical (unpaired) electrons. The third-order valence-corrected chi connectivity index (χ3v) is 7.81. The van der Waals surface area contributed by atoms with Crippen LogP contribution in [0.4, 0.5) is 5.95 Å². The standard InChI is InChI=1S/C27H30N6O3S/c1-18-6-4-7-19(2)26(18)24-14-25(31-27(30-24)32-37(34,35)23-16-29-33(3)17-23)36-22-11-9-20(10-12-22)21-8-5-13-28-15-21/h4,6-7,9-12,14,16-17,21,28H,5,8,13,15H2,1-3H3,(H,30,31,32). The quantitative estimate of drug-likeness (QED) is 0.369. The van der Waals surface area contributed by atoms with Gasteiger partial charge in [-0.2, -0.15) is 10.1 Å². The van der Waals surface area contributed by atoms with Gasteiger partial charge in [-0.3, -0.25) is 4.68 Å². The predicted molar refractivity (Wildman–Crippen MR) is 142 cm³/mol. The van der Waals surface area contributed by atoms with E-state index in [-0.39, 0.29) is 16.7 Å². The van der Waals surface area contributed by atoms with Gasteiger partial charge in [-0.15, -0.1) is 0 Å². The second-order valence-electron chi connectivity index (χ2n) is 9.35. The third-order valence-electron chi connectivity index (χ3n) is 6.53. The number of aryl methyl sites for hydroxylation is 3. The van der Waals surface area contributed by atoms with Crippen LogP contribution in [0, 0.1) is 13.8 Å². The van der Waals surface area contributed by atoms with Gasteiger partial charge in [-0.25, -0.2) is 18.1 Å². The first-order valence-corrected chi connectivity index (χ1v) is 13.7. The number of ether oxygens (including phenoxy) is 1. The Morgan fingerprint density at radius 1 is 1.08 bits per heavy atom. The summed E-state index contributed by atoms with van der Waals surface area (Å²) in [6, 6.07) is 15.7. The molecular formula is C27H30N6O3S. The lowest BCUT2D eigenvalue weighted by Gasteiger charge is -2.23. The molecule has 5 rings (SSSR count). The molecule has 192 valence electrons. The van der Waals surface area contributed by atoms with Crippen LogP contribution in [0.5, 0.6) is 11.6 Å². The van der Waals surface area contributed by atoms with Crippen molar-refractivity contribution in [1.29, 1.82) is 0 Å². The van der Waals surface area contributed by atoms with E-state index in [0.29, 0.717) is 17.4 Å². The molecule has 1 fully saturated rings. The zero-order chi connectivity index (χ0) is 26.0. The minimum absolute atomic E-state index is 0.0198. The Balaban J connectivity index is 1.49. The fourth-order valence-electron chi connectivity index (χ4n) is 4.65. The highest BCUT2D eigenvalue weighted by Gasteiger charge is 2.20. The summed E-state index contributed by atoms with van der Waals surface area (Å²) in [5, 5.41) is 7.40. The molecule has 37 heavy (non-hydrogen) atoms. The van der Waals surface area contributed by atoms with E-state index in [1.165, 1.54) is 35.5 Å². The first kappa shape index (κ1) is 24.9. The Labute approximate surface area is 217 Å². The van der Waals surface area contributed by atoms with Gasteiger partial charge in [-0.05, 0) is 68.0 Å². The van der Waals surface area contributed by atoms with E-state index in [1.807, 2.05) is 44.2 Å². The Morgan fingerprint density at radius 3 is 2.49 bits per heavy atom. The van der Waals surface area contributed by atoms with Gasteiger partial charge in [-0.1, -0.05) is 30.3 Å². The first-order chi connectivity index (χ1) is 17.8. The van der Waals surface area contributed by atoms with Crippen LogP contribution < -0.4 is 14.8 Å². The summed E-state index contributed by atoms with van der Waals surface area (Å²) < 4.78 is 35.9. The molecule has 2 aromatic carbocycles. The van der Waals surface area contributed by atoms with Crippen LogP contribution in [0.1, 0.15) is 35.4 Å². The smallest absolute Gasteiger partial charge is 0.267 e. The molecular weight excluding hydrogens is 488 g/mol.